The second-order valence-corrected chi connectivity index (χ2v) is 16.0. The maximum atomic E-state index is 13.1. The number of rotatable bonds is 5. The standard InChI is InChI=1S/C41H48N6O4/c1-39(2,3)50-37(48)46-22-8-10-34(46)35-42-25-33(43-35)29-17-15-27(16-18-29)26-11-13-28(14-12-26)30-19-20-31-32(24-30)45-36(44-31)41(7)21-9-23-47(41)38(49)51-40(4,5)6/h11-20,24-25,34H,8-10,21-23H2,1-7H3,(H,42,43)(H,44,45)/t34-,41+/m0/s1. The number of nitrogens with zero attached hydrogens (tertiary/aromatic N) is 4. The first-order chi connectivity index (χ1) is 24.2. The van der Waals surface area contributed by atoms with Crippen molar-refractivity contribution < 1.29 is 19.1 Å². The van der Waals surface area contributed by atoms with Crippen LogP contribution in [0.25, 0.3) is 44.5 Å². The molecule has 7 rings (SSSR count). The molecule has 2 aromatic heterocycles. The molecule has 10 heteroatoms. The highest BCUT2D eigenvalue weighted by molar-refractivity contribution is 5.83. The van der Waals surface area contributed by atoms with Crippen LogP contribution in [0.2, 0.25) is 0 Å². The van der Waals surface area contributed by atoms with Crippen LogP contribution in [-0.4, -0.2) is 66.2 Å². The third-order valence-electron chi connectivity index (χ3n) is 9.79. The minimum absolute atomic E-state index is 0.118. The molecule has 3 aromatic carbocycles. The van der Waals surface area contributed by atoms with Crippen LogP contribution in [-0.2, 0) is 15.0 Å². The number of fused-ring (bicyclic) bond motifs is 1. The molecule has 2 aliphatic heterocycles. The number of amides is 2. The average Bonchev–Trinajstić information content (AvgIpc) is 3.89. The lowest BCUT2D eigenvalue weighted by molar-refractivity contribution is 0.00861. The van der Waals surface area contributed by atoms with E-state index in [-0.39, 0.29) is 18.2 Å². The minimum atomic E-state index is -0.558. The van der Waals surface area contributed by atoms with Crippen LogP contribution in [0.3, 0.4) is 0 Å². The molecule has 0 spiro atoms. The second-order valence-electron chi connectivity index (χ2n) is 16.0. The topological polar surface area (TPSA) is 116 Å². The van der Waals surface area contributed by atoms with Crippen LogP contribution in [0.15, 0.2) is 72.9 Å². The number of imidazole rings is 2. The zero-order chi connectivity index (χ0) is 36.1. The zero-order valence-corrected chi connectivity index (χ0v) is 30.7. The number of carbonyl (C=O) groups is 2. The fourth-order valence-electron chi connectivity index (χ4n) is 7.20. The van der Waals surface area contributed by atoms with Gasteiger partial charge >= 0.3 is 12.2 Å². The summed E-state index contributed by atoms with van der Waals surface area (Å²) in [4.78, 5) is 46.0. The molecule has 2 saturated heterocycles. The number of nitrogens with one attached hydrogen (secondary N) is 2. The molecular weight excluding hydrogens is 640 g/mol. The van der Waals surface area contributed by atoms with Gasteiger partial charge in [0.05, 0.1) is 29.0 Å². The SMILES string of the molecule is CC(C)(C)OC(=O)N1CCC[C@H]1c1ncc(-c2ccc(-c3ccc(-c4ccc5nc([C@@]6(C)CCCN6C(=O)OC(C)(C)C)[nH]c5c4)cc3)cc2)[nH]1. The molecule has 2 amide bonds. The Hall–Kier alpha value is -5.12. The van der Waals surface area contributed by atoms with Crippen molar-refractivity contribution in [2.75, 3.05) is 13.1 Å². The van der Waals surface area contributed by atoms with Crippen molar-refractivity contribution in [2.45, 2.75) is 96.9 Å². The van der Waals surface area contributed by atoms with Gasteiger partial charge in [-0.3, -0.25) is 9.80 Å². The molecule has 2 atom stereocenters. The normalized spacial score (nSPS) is 19.5. The smallest absolute Gasteiger partial charge is 0.411 e. The van der Waals surface area contributed by atoms with Gasteiger partial charge in [-0.15, -0.1) is 0 Å². The zero-order valence-electron chi connectivity index (χ0n) is 30.7. The van der Waals surface area contributed by atoms with Crippen LogP contribution < -0.4 is 0 Å². The number of H-pyrrole nitrogens is 2. The summed E-state index contributed by atoms with van der Waals surface area (Å²) in [5, 5.41) is 0. The van der Waals surface area contributed by atoms with Gasteiger partial charge in [-0.2, -0.15) is 0 Å². The van der Waals surface area contributed by atoms with E-state index >= 15 is 0 Å². The van der Waals surface area contributed by atoms with Crippen LogP contribution >= 0.6 is 0 Å². The molecule has 0 bridgehead atoms. The summed E-state index contributed by atoms with van der Waals surface area (Å²) in [7, 11) is 0. The molecule has 0 aliphatic carbocycles. The first-order valence-corrected chi connectivity index (χ1v) is 17.9. The number of benzene rings is 3. The second kappa shape index (κ2) is 12.9. The van der Waals surface area contributed by atoms with Gasteiger partial charge in [0.1, 0.15) is 28.4 Å². The summed E-state index contributed by atoms with van der Waals surface area (Å²) < 4.78 is 11.4. The molecule has 10 nitrogen and oxygen atoms in total. The summed E-state index contributed by atoms with van der Waals surface area (Å²) in [6.07, 6.45) is 4.73. The summed E-state index contributed by atoms with van der Waals surface area (Å²) in [5.41, 5.74) is 6.53. The Kier molecular flexibility index (Phi) is 8.68. The summed E-state index contributed by atoms with van der Waals surface area (Å²) in [5.74, 6) is 1.57. The largest absolute Gasteiger partial charge is 0.444 e. The molecule has 2 N–H and O–H groups in total. The van der Waals surface area contributed by atoms with E-state index in [9.17, 15) is 9.59 Å². The molecule has 2 fully saturated rings. The maximum absolute atomic E-state index is 13.1. The van der Waals surface area contributed by atoms with Gasteiger partial charge in [0.25, 0.3) is 0 Å². The predicted molar refractivity (Wildman–Crippen MR) is 199 cm³/mol. The van der Waals surface area contributed by atoms with Gasteiger partial charge in [-0.1, -0.05) is 54.6 Å². The molecular formula is C41H48N6O4. The molecule has 0 saturated carbocycles. The Morgan fingerprint density at radius 2 is 1.35 bits per heavy atom. The predicted octanol–water partition coefficient (Wildman–Crippen LogP) is 9.61. The molecule has 5 aromatic rings. The van der Waals surface area contributed by atoms with Crippen molar-refractivity contribution in [1.82, 2.24) is 29.7 Å². The van der Waals surface area contributed by atoms with E-state index in [1.54, 1.807) is 4.90 Å². The van der Waals surface area contributed by atoms with Crippen LogP contribution in [0.4, 0.5) is 9.59 Å². The summed E-state index contributed by atoms with van der Waals surface area (Å²) in [6.45, 7) is 14.7. The summed E-state index contributed by atoms with van der Waals surface area (Å²) in [6, 6.07) is 23.1. The molecule has 4 heterocycles. The van der Waals surface area contributed by atoms with Gasteiger partial charge in [0.15, 0.2) is 0 Å². The van der Waals surface area contributed by atoms with Crippen molar-refractivity contribution in [1.29, 1.82) is 0 Å². The van der Waals surface area contributed by atoms with Gasteiger partial charge in [-0.25, -0.2) is 19.6 Å². The van der Waals surface area contributed by atoms with E-state index in [0.29, 0.717) is 13.1 Å². The van der Waals surface area contributed by atoms with Crippen LogP contribution in [0, 0.1) is 0 Å². The number of hydrogen-bond donors (Lipinski definition) is 2. The highest BCUT2D eigenvalue weighted by Gasteiger charge is 2.45. The van der Waals surface area contributed by atoms with Crippen molar-refractivity contribution in [3.05, 3.63) is 84.6 Å². The molecule has 0 radical (unpaired) electrons. The monoisotopic (exact) mass is 688 g/mol. The van der Waals surface area contributed by atoms with E-state index in [0.717, 1.165) is 81.9 Å². The molecule has 0 unspecified atom stereocenters. The number of hydrogen-bond acceptors (Lipinski definition) is 6. The number of ether oxygens (including phenoxy) is 2. The van der Waals surface area contributed by atoms with Crippen LogP contribution in [0.1, 0.15) is 91.8 Å². The third-order valence-corrected chi connectivity index (χ3v) is 9.79. The summed E-state index contributed by atoms with van der Waals surface area (Å²) >= 11 is 0. The Labute approximate surface area is 299 Å². The van der Waals surface area contributed by atoms with E-state index in [4.69, 9.17) is 14.5 Å². The number of carbonyl (C=O) groups excluding carboxylic acids is 2. The first-order valence-electron chi connectivity index (χ1n) is 17.9. The lowest BCUT2D eigenvalue weighted by Gasteiger charge is -2.34. The van der Waals surface area contributed by atoms with E-state index in [1.165, 1.54) is 0 Å². The number of aromatic amines is 2. The van der Waals surface area contributed by atoms with Crippen molar-refractivity contribution in [2.24, 2.45) is 0 Å². The average molecular weight is 689 g/mol. The Morgan fingerprint density at radius 3 is 2.00 bits per heavy atom. The lowest BCUT2D eigenvalue weighted by Crippen LogP contribution is -2.46. The maximum Gasteiger partial charge on any atom is 0.411 e. The van der Waals surface area contributed by atoms with Gasteiger partial charge in [-0.05, 0) is 114 Å². The van der Waals surface area contributed by atoms with E-state index in [1.807, 2.05) is 58.7 Å². The fraction of sp³-hybridized carbons (Fsp3) is 0.415. The first kappa shape index (κ1) is 34.3. The Morgan fingerprint density at radius 1 is 0.765 bits per heavy atom. The minimum Gasteiger partial charge on any atom is -0.444 e. The third kappa shape index (κ3) is 7.09. The van der Waals surface area contributed by atoms with Crippen molar-refractivity contribution in [3.8, 4) is 33.5 Å². The van der Waals surface area contributed by atoms with Gasteiger partial charge in [0, 0.05) is 13.1 Å². The Balaban J connectivity index is 1.04. The Bertz CT molecular complexity index is 2050. The number of likely N-dealkylation sites (tertiary alicyclic amines) is 2. The van der Waals surface area contributed by atoms with Crippen LogP contribution in [0.5, 0.6) is 0 Å². The molecule has 51 heavy (non-hydrogen) atoms. The molecule has 2 aliphatic rings. The van der Waals surface area contributed by atoms with Crippen molar-refractivity contribution >= 4 is 23.2 Å². The lowest BCUT2D eigenvalue weighted by atomic mass is 9.98. The highest BCUT2D eigenvalue weighted by atomic mass is 16.6. The fourth-order valence-corrected chi connectivity index (χ4v) is 7.20. The van der Waals surface area contributed by atoms with Crippen molar-refractivity contribution in [3.63, 3.8) is 0 Å². The quantitative estimate of drug-likeness (QED) is 0.190. The van der Waals surface area contributed by atoms with E-state index < -0.39 is 16.7 Å². The number of aromatic nitrogens is 4. The van der Waals surface area contributed by atoms with E-state index in [2.05, 4.69) is 82.5 Å². The van der Waals surface area contributed by atoms with Gasteiger partial charge in [0.2, 0.25) is 0 Å². The highest BCUT2D eigenvalue weighted by Crippen LogP contribution is 2.39. The molecule has 266 valence electrons. The van der Waals surface area contributed by atoms with Gasteiger partial charge < -0.3 is 19.4 Å².